The quantitative estimate of drug-likeness (QED) is 0.768. The predicted octanol–water partition coefficient (Wildman–Crippen LogP) is 2.63. The molecule has 0 heterocycles. The van der Waals surface area contributed by atoms with Crippen LogP contribution in [0, 0.1) is 0 Å². The van der Waals surface area contributed by atoms with Gasteiger partial charge in [0.05, 0.1) is 17.8 Å². The summed E-state index contributed by atoms with van der Waals surface area (Å²) in [5.74, 6) is -0.333. The van der Waals surface area contributed by atoms with Gasteiger partial charge in [-0.05, 0) is 37.1 Å². The van der Waals surface area contributed by atoms with Crippen molar-refractivity contribution in [1.82, 2.24) is 5.32 Å². The monoisotopic (exact) mass is 309 g/mol. The van der Waals surface area contributed by atoms with Gasteiger partial charge >= 0.3 is 0 Å². The molecule has 0 aromatic heterocycles. The van der Waals surface area contributed by atoms with Crippen molar-refractivity contribution in [2.75, 3.05) is 17.2 Å². The number of carbonyl (C=O) groups excluding carboxylic acids is 2. The Morgan fingerprint density at radius 1 is 0.957 bits per heavy atom. The van der Waals surface area contributed by atoms with Crippen molar-refractivity contribution >= 4 is 23.2 Å². The number of para-hydroxylation sites is 2. The molecule has 0 radical (unpaired) electrons. The molecule has 0 spiro atoms. The van der Waals surface area contributed by atoms with Gasteiger partial charge in [0.1, 0.15) is 0 Å². The highest BCUT2D eigenvalue weighted by Gasteiger charge is 2.24. The minimum atomic E-state index is -0.194. The van der Waals surface area contributed by atoms with Crippen molar-refractivity contribution in [3.05, 3.63) is 60.2 Å². The lowest BCUT2D eigenvalue weighted by atomic mass is 10.1. The third kappa shape index (κ3) is 4.32. The Morgan fingerprint density at radius 3 is 2.39 bits per heavy atom. The summed E-state index contributed by atoms with van der Waals surface area (Å²) in [5.41, 5.74) is 1.90. The maximum absolute atomic E-state index is 12.2. The molecule has 0 saturated heterocycles. The van der Waals surface area contributed by atoms with Crippen molar-refractivity contribution < 1.29 is 9.59 Å². The van der Waals surface area contributed by atoms with E-state index >= 15 is 0 Å². The molecule has 2 aromatic carbocycles. The largest absolute Gasteiger partial charge is 0.376 e. The number of benzene rings is 2. The minimum Gasteiger partial charge on any atom is -0.376 e. The molecule has 2 aromatic rings. The van der Waals surface area contributed by atoms with Gasteiger partial charge < -0.3 is 16.0 Å². The Morgan fingerprint density at radius 2 is 1.65 bits per heavy atom. The molecule has 3 N–H and O–H groups in total. The van der Waals surface area contributed by atoms with Gasteiger partial charge in [-0.2, -0.15) is 0 Å². The Hall–Kier alpha value is -2.82. The summed E-state index contributed by atoms with van der Waals surface area (Å²) in [5, 5.41) is 8.77. The van der Waals surface area contributed by atoms with Crippen LogP contribution < -0.4 is 16.0 Å². The highest BCUT2D eigenvalue weighted by atomic mass is 16.2. The van der Waals surface area contributed by atoms with Crippen LogP contribution >= 0.6 is 0 Å². The van der Waals surface area contributed by atoms with Gasteiger partial charge in [0.25, 0.3) is 5.91 Å². The molecular formula is C18H19N3O2. The number of carbonyl (C=O) groups is 2. The fourth-order valence-corrected chi connectivity index (χ4v) is 2.21. The zero-order chi connectivity index (χ0) is 16.1. The second kappa shape index (κ2) is 6.96. The van der Waals surface area contributed by atoms with Crippen molar-refractivity contribution in [3.8, 4) is 0 Å². The van der Waals surface area contributed by atoms with E-state index in [4.69, 9.17) is 0 Å². The van der Waals surface area contributed by atoms with Gasteiger partial charge in [0, 0.05) is 11.7 Å². The Balaban J connectivity index is 1.60. The van der Waals surface area contributed by atoms with Crippen molar-refractivity contribution in [1.29, 1.82) is 0 Å². The predicted molar refractivity (Wildman–Crippen MR) is 90.5 cm³/mol. The molecule has 5 nitrogen and oxygen atoms in total. The van der Waals surface area contributed by atoms with Crippen LogP contribution in [0.4, 0.5) is 11.4 Å². The Labute approximate surface area is 135 Å². The van der Waals surface area contributed by atoms with E-state index in [1.54, 1.807) is 24.3 Å². The summed E-state index contributed by atoms with van der Waals surface area (Å²) in [6, 6.07) is 16.8. The van der Waals surface area contributed by atoms with Gasteiger partial charge in [0.2, 0.25) is 5.91 Å². The fourth-order valence-electron chi connectivity index (χ4n) is 2.21. The van der Waals surface area contributed by atoms with E-state index in [2.05, 4.69) is 16.0 Å². The molecule has 5 heteroatoms. The highest BCUT2D eigenvalue weighted by Crippen LogP contribution is 2.21. The second-order valence-electron chi connectivity index (χ2n) is 5.56. The first-order chi connectivity index (χ1) is 11.2. The molecule has 118 valence electrons. The number of rotatable bonds is 6. The summed E-state index contributed by atoms with van der Waals surface area (Å²) in [6.45, 7) is 0.141. The molecule has 3 rings (SSSR count). The van der Waals surface area contributed by atoms with Gasteiger partial charge in [-0.25, -0.2) is 0 Å². The lowest BCUT2D eigenvalue weighted by Crippen LogP contribution is -2.28. The van der Waals surface area contributed by atoms with E-state index in [1.165, 1.54) is 0 Å². The standard InChI is InChI=1S/C18H19N3O2/c22-17(12-19-13-6-2-1-3-7-13)21-16-9-5-4-8-15(16)18(23)20-14-10-11-14/h1-9,14,19H,10-12H2,(H,20,23)(H,21,22). The van der Waals surface area contributed by atoms with Gasteiger partial charge in [-0.15, -0.1) is 0 Å². The molecule has 0 atom stereocenters. The van der Waals surface area contributed by atoms with Crippen LogP contribution in [0.1, 0.15) is 23.2 Å². The number of nitrogens with one attached hydrogen (secondary N) is 3. The first kappa shape index (κ1) is 15.1. The second-order valence-corrected chi connectivity index (χ2v) is 5.56. The minimum absolute atomic E-state index is 0.139. The van der Waals surface area contributed by atoms with Crippen LogP contribution in [-0.4, -0.2) is 24.4 Å². The molecule has 2 amide bonds. The van der Waals surface area contributed by atoms with Crippen LogP contribution in [0.25, 0.3) is 0 Å². The summed E-state index contributed by atoms with van der Waals surface area (Å²) in [7, 11) is 0. The zero-order valence-electron chi connectivity index (χ0n) is 12.7. The third-order valence-electron chi connectivity index (χ3n) is 3.59. The van der Waals surface area contributed by atoms with Crippen molar-refractivity contribution in [3.63, 3.8) is 0 Å². The van der Waals surface area contributed by atoms with Crippen molar-refractivity contribution in [2.45, 2.75) is 18.9 Å². The normalized spacial score (nSPS) is 13.2. The summed E-state index contributed by atoms with van der Waals surface area (Å²) >= 11 is 0. The van der Waals surface area contributed by atoms with Gasteiger partial charge in [-0.3, -0.25) is 9.59 Å². The van der Waals surface area contributed by atoms with E-state index in [9.17, 15) is 9.59 Å². The van der Waals surface area contributed by atoms with E-state index in [0.29, 0.717) is 11.3 Å². The van der Waals surface area contributed by atoms with Crippen LogP contribution in [0.15, 0.2) is 54.6 Å². The fraction of sp³-hybridized carbons (Fsp3) is 0.222. The van der Waals surface area contributed by atoms with Crippen LogP contribution in [0.3, 0.4) is 0 Å². The molecule has 1 fully saturated rings. The van der Waals surface area contributed by atoms with Gasteiger partial charge in [-0.1, -0.05) is 30.3 Å². The zero-order valence-corrected chi connectivity index (χ0v) is 12.7. The molecule has 1 saturated carbocycles. The molecule has 0 unspecified atom stereocenters. The first-order valence-corrected chi connectivity index (χ1v) is 7.71. The molecule has 1 aliphatic carbocycles. The Kier molecular flexibility index (Phi) is 4.57. The maximum Gasteiger partial charge on any atom is 0.253 e. The average molecular weight is 309 g/mol. The van der Waals surface area contributed by atoms with E-state index < -0.39 is 0 Å². The molecule has 0 aliphatic heterocycles. The van der Waals surface area contributed by atoms with Crippen LogP contribution in [0.2, 0.25) is 0 Å². The topological polar surface area (TPSA) is 70.2 Å². The molecule has 1 aliphatic rings. The maximum atomic E-state index is 12.2. The molecular weight excluding hydrogens is 290 g/mol. The summed E-state index contributed by atoms with van der Waals surface area (Å²) in [4.78, 5) is 24.3. The first-order valence-electron chi connectivity index (χ1n) is 7.71. The number of amides is 2. The molecule has 23 heavy (non-hydrogen) atoms. The SMILES string of the molecule is O=C(CNc1ccccc1)Nc1ccccc1C(=O)NC1CC1. The van der Waals surface area contributed by atoms with Crippen LogP contribution in [0.5, 0.6) is 0 Å². The average Bonchev–Trinajstić information content (AvgIpc) is 3.38. The number of hydrogen-bond acceptors (Lipinski definition) is 3. The Bertz CT molecular complexity index is 696. The highest BCUT2D eigenvalue weighted by molar-refractivity contribution is 6.04. The summed E-state index contributed by atoms with van der Waals surface area (Å²) in [6.07, 6.45) is 2.06. The smallest absolute Gasteiger partial charge is 0.253 e. The van der Waals surface area contributed by atoms with Crippen LogP contribution in [-0.2, 0) is 4.79 Å². The van der Waals surface area contributed by atoms with Gasteiger partial charge in [0.15, 0.2) is 0 Å². The number of anilines is 2. The van der Waals surface area contributed by atoms with E-state index in [1.807, 2.05) is 30.3 Å². The number of hydrogen-bond donors (Lipinski definition) is 3. The molecule has 0 bridgehead atoms. The lowest BCUT2D eigenvalue weighted by molar-refractivity contribution is -0.114. The van der Waals surface area contributed by atoms with E-state index in [-0.39, 0.29) is 24.4 Å². The van der Waals surface area contributed by atoms with E-state index in [0.717, 1.165) is 18.5 Å². The lowest BCUT2D eigenvalue weighted by Gasteiger charge is -2.12. The third-order valence-corrected chi connectivity index (χ3v) is 3.59. The van der Waals surface area contributed by atoms with Crippen molar-refractivity contribution in [2.24, 2.45) is 0 Å². The summed E-state index contributed by atoms with van der Waals surface area (Å²) < 4.78 is 0.